The minimum Gasteiger partial charge on any atom is -0.497 e. The van der Waals surface area contributed by atoms with Gasteiger partial charge in [-0.15, -0.1) is 0 Å². The fourth-order valence-electron chi connectivity index (χ4n) is 5.13. The number of ether oxygens (including phenoxy) is 1. The molecule has 0 amide bonds. The molecule has 0 saturated carbocycles. The predicted octanol–water partition coefficient (Wildman–Crippen LogP) is 6.80. The number of anilines is 1. The Labute approximate surface area is 218 Å². The van der Waals surface area contributed by atoms with Gasteiger partial charge in [0.25, 0.3) is 0 Å². The Kier molecular flexibility index (Phi) is 5.84. The SMILES string of the molecule is COc1ccc(N2N=C(c3ccc4ccccc4c3)C(c3ccccc3)C2c2onc(C)c2[N+](=O)[O-])cc1. The number of fused-ring (bicyclic) bond motifs is 1. The molecule has 2 heterocycles. The van der Waals surface area contributed by atoms with Crippen LogP contribution in [-0.2, 0) is 0 Å². The highest BCUT2D eigenvalue weighted by Crippen LogP contribution is 2.49. The molecule has 2 unspecified atom stereocenters. The normalized spacial score (nSPS) is 17.0. The van der Waals surface area contributed by atoms with E-state index in [1.807, 2.05) is 72.8 Å². The van der Waals surface area contributed by atoms with Gasteiger partial charge in [0.15, 0.2) is 5.69 Å². The van der Waals surface area contributed by atoms with Gasteiger partial charge in [-0.2, -0.15) is 5.10 Å². The van der Waals surface area contributed by atoms with Crippen molar-refractivity contribution in [3.63, 3.8) is 0 Å². The molecule has 0 spiro atoms. The highest BCUT2D eigenvalue weighted by molar-refractivity contribution is 6.10. The summed E-state index contributed by atoms with van der Waals surface area (Å²) in [6.45, 7) is 1.58. The average molecular weight is 505 g/mol. The van der Waals surface area contributed by atoms with Crippen molar-refractivity contribution in [2.45, 2.75) is 18.9 Å². The van der Waals surface area contributed by atoms with Crippen LogP contribution in [0.2, 0.25) is 0 Å². The number of hydrogen-bond acceptors (Lipinski definition) is 7. The van der Waals surface area contributed by atoms with Crippen molar-refractivity contribution in [2.75, 3.05) is 12.1 Å². The van der Waals surface area contributed by atoms with Crippen LogP contribution in [0.3, 0.4) is 0 Å². The molecule has 1 aliphatic heterocycles. The number of hydrazone groups is 1. The van der Waals surface area contributed by atoms with Crippen LogP contribution in [0.15, 0.2) is 107 Å². The lowest BCUT2D eigenvalue weighted by Crippen LogP contribution is -2.25. The van der Waals surface area contributed by atoms with Crippen molar-refractivity contribution in [1.82, 2.24) is 5.16 Å². The van der Waals surface area contributed by atoms with Gasteiger partial charge in [-0.3, -0.25) is 15.1 Å². The molecule has 1 aliphatic rings. The number of benzene rings is 4. The first kappa shape index (κ1) is 23.4. The maximum absolute atomic E-state index is 12.2. The van der Waals surface area contributed by atoms with Crippen LogP contribution in [0, 0.1) is 17.0 Å². The smallest absolute Gasteiger partial charge is 0.336 e. The van der Waals surface area contributed by atoms with Crippen molar-refractivity contribution in [2.24, 2.45) is 5.10 Å². The standard InChI is InChI=1S/C30H24N4O4/c1-19-28(34(35)36)30(38-32-19)29-26(21-9-4-3-5-10-21)27(23-13-12-20-8-6-7-11-22(20)18-23)31-33(29)24-14-16-25(37-2)17-15-24/h3-18,26,29H,1-2H3. The van der Waals surface area contributed by atoms with Crippen molar-refractivity contribution < 1.29 is 14.2 Å². The van der Waals surface area contributed by atoms with Gasteiger partial charge >= 0.3 is 5.69 Å². The average Bonchev–Trinajstić information content (AvgIpc) is 3.54. The maximum Gasteiger partial charge on any atom is 0.336 e. The van der Waals surface area contributed by atoms with Gasteiger partial charge < -0.3 is 9.26 Å². The predicted molar refractivity (Wildman–Crippen MR) is 146 cm³/mol. The third-order valence-electron chi connectivity index (χ3n) is 6.94. The molecule has 0 radical (unpaired) electrons. The number of aryl methyl sites for hydroxylation is 1. The molecule has 6 rings (SSSR count). The van der Waals surface area contributed by atoms with Crippen LogP contribution < -0.4 is 9.75 Å². The number of rotatable bonds is 6. The van der Waals surface area contributed by atoms with Gasteiger partial charge in [0.2, 0.25) is 5.76 Å². The van der Waals surface area contributed by atoms with Gasteiger partial charge in [-0.1, -0.05) is 71.9 Å². The van der Waals surface area contributed by atoms with Crippen molar-refractivity contribution >= 4 is 27.9 Å². The van der Waals surface area contributed by atoms with E-state index < -0.39 is 11.0 Å². The van der Waals surface area contributed by atoms with E-state index in [-0.39, 0.29) is 23.1 Å². The fraction of sp³-hybridized carbons (Fsp3) is 0.133. The molecule has 0 bridgehead atoms. The second-order valence-corrected chi connectivity index (χ2v) is 9.16. The fourth-order valence-corrected chi connectivity index (χ4v) is 5.13. The lowest BCUT2D eigenvalue weighted by molar-refractivity contribution is -0.386. The lowest BCUT2D eigenvalue weighted by Gasteiger charge is -2.26. The van der Waals surface area contributed by atoms with E-state index in [0.717, 1.165) is 33.3 Å². The molecule has 0 N–H and O–H groups in total. The zero-order valence-corrected chi connectivity index (χ0v) is 20.8. The first-order chi connectivity index (χ1) is 18.5. The molecule has 0 fully saturated rings. The summed E-state index contributed by atoms with van der Waals surface area (Å²) in [6, 6.07) is 31.1. The summed E-state index contributed by atoms with van der Waals surface area (Å²) in [5, 5.41) is 25.3. The van der Waals surface area contributed by atoms with Gasteiger partial charge in [-0.25, -0.2) is 0 Å². The Morgan fingerprint density at radius 3 is 2.34 bits per heavy atom. The second kappa shape index (κ2) is 9.48. The van der Waals surface area contributed by atoms with Crippen LogP contribution in [0.5, 0.6) is 5.75 Å². The molecule has 4 aromatic carbocycles. The van der Waals surface area contributed by atoms with Crippen molar-refractivity contribution in [1.29, 1.82) is 0 Å². The lowest BCUT2D eigenvalue weighted by atomic mass is 9.83. The number of aromatic nitrogens is 1. The number of nitro groups is 1. The third kappa shape index (κ3) is 3.96. The van der Waals surface area contributed by atoms with E-state index >= 15 is 0 Å². The van der Waals surface area contributed by atoms with E-state index in [1.165, 1.54) is 0 Å². The quantitative estimate of drug-likeness (QED) is 0.186. The Balaban J connectivity index is 1.60. The second-order valence-electron chi connectivity index (χ2n) is 9.16. The van der Waals surface area contributed by atoms with Crippen LogP contribution in [0.25, 0.3) is 10.8 Å². The molecule has 5 aromatic rings. The summed E-state index contributed by atoms with van der Waals surface area (Å²) in [5.74, 6) is 0.492. The number of methoxy groups -OCH3 is 1. The van der Waals surface area contributed by atoms with Gasteiger partial charge in [0.05, 0.1) is 29.4 Å². The van der Waals surface area contributed by atoms with Crippen LogP contribution >= 0.6 is 0 Å². The molecular formula is C30H24N4O4. The molecule has 1 aromatic heterocycles. The van der Waals surface area contributed by atoms with Gasteiger partial charge in [-0.05, 0) is 59.2 Å². The first-order valence-electron chi connectivity index (χ1n) is 12.2. The molecular weight excluding hydrogens is 480 g/mol. The topological polar surface area (TPSA) is 94.0 Å². The summed E-state index contributed by atoms with van der Waals surface area (Å²) < 4.78 is 11.1. The van der Waals surface area contributed by atoms with Crippen LogP contribution in [0.1, 0.15) is 34.5 Å². The third-order valence-corrected chi connectivity index (χ3v) is 6.94. The molecule has 8 nitrogen and oxygen atoms in total. The first-order valence-corrected chi connectivity index (χ1v) is 12.2. The molecule has 188 valence electrons. The summed E-state index contributed by atoms with van der Waals surface area (Å²) >= 11 is 0. The Morgan fingerprint density at radius 1 is 0.921 bits per heavy atom. The van der Waals surface area contributed by atoms with E-state index in [1.54, 1.807) is 19.0 Å². The zero-order chi connectivity index (χ0) is 26.2. The largest absolute Gasteiger partial charge is 0.497 e. The highest BCUT2D eigenvalue weighted by Gasteiger charge is 2.47. The zero-order valence-electron chi connectivity index (χ0n) is 20.8. The molecule has 0 saturated heterocycles. The summed E-state index contributed by atoms with van der Waals surface area (Å²) in [7, 11) is 1.61. The summed E-state index contributed by atoms with van der Waals surface area (Å²) in [5.41, 5.74) is 3.51. The van der Waals surface area contributed by atoms with E-state index in [9.17, 15) is 10.1 Å². The van der Waals surface area contributed by atoms with Crippen molar-refractivity contribution in [3.8, 4) is 5.75 Å². The van der Waals surface area contributed by atoms with Crippen LogP contribution in [-0.4, -0.2) is 22.9 Å². The van der Waals surface area contributed by atoms with Gasteiger partial charge in [0.1, 0.15) is 11.8 Å². The Bertz CT molecular complexity index is 1660. The van der Waals surface area contributed by atoms with E-state index in [0.29, 0.717) is 5.75 Å². The number of nitrogens with zero attached hydrogens (tertiary/aromatic N) is 4. The molecule has 8 heteroatoms. The molecule has 2 atom stereocenters. The Hall–Kier alpha value is -4.98. The monoisotopic (exact) mass is 504 g/mol. The maximum atomic E-state index is 12.2. The molecule has 0 aliphatic carbocycles. The van der Waals surface area contributed by atoms with Gasteiger partial charge in [0, 0.05) is 0 Å². The van der Waals surface area contributed by atoms with E-state index in [4.69, 9.17) is 14.4 Å². The van der Waals surface area contributed by atoms with Crippen molar-refractivity contribution in [3.05, 3.63) is 130 Å². The molecule has 38 heavy (non-hydrogen) atoms. The highest BCUT2D eigenvalue weighted by atomic mass is 16.6. The number of hydrogen-bond donors (Lipinski definition) is 0. The minimum atomic E-state index is -0.645. The minimum absolute atomic E-state index is 0.135. The summed E-state index contributed by atoms with van der Waals surface area (Å²) in [6.07, 6.45) is 0. The van der Waals surface area contributed by atoms with Crippen LogP contribution in [0.4, 0.5) is 11.4 Å². The van der Waals surface area contributed by atoms with E-state index in [2.05, 4.69) is 29.4 Å². The Morgan fingerprint density at radius 2 is 1.63 bits per heavy atom. The summed E-state index contributed by atoms with van der Waals surface area (Å²) in [4.78, 5) is 11.7.